The van der Waals surface area contributed by atoms with Gasteiger partial charge in [0.1, 0.15) is 11.4 Å². The highest BCUT2D eigenvalue weighted by Gasteiger charge is 2.21. The van der Waals surface area contributed by atoms with Crippen LogP contribution in [0.3, 0.4) is 0 Å². The van der Waals surface area contributed by atoms with Crippen LogP contribution in [0.1, 0.15) is 29.3 Å². The van der Waals surface area contributed by atoms with Crippen LogP contribution in [0.2, 0.25) is 0 Å². The molecular formula is C22H21N3O4S. The van der Waals surface area contributed by atoms with E-state index in [1.807, 2.05) is 0 Å². The highest BCUT2D eigenvalue weighted by atomic mass is 32.1. The van der Waals surface area contributed by atoms with Crippen molar-refractivity contribution < 1.29 is 14.3 Å². The van der Waals surface area contributed by atoms with Crippen LogP contribution in [0.5, 0.6) is 0 Å². The molecule has 0 unspecified atom stereocenters. The molecule has 0 aliphatic heterocycles. The number of carbonyl (C=O) groups excluding carboxylic acids is 2. The van der Waals surface area contributed by atoms with Gasteiger partial charge in [-0.25, -0.2) is 9.78 Å². The molecule has 154 valence electrons. The van der Waals surface area contributed by atoms with E-state index in [0.717, 1.165) is 35.2 Å². The molecule has 0 bridgehead atoms. The topological polar surface area (TPSA) is 90.3 Å². The molecular weight excluding hydrogens is 402 g/mol. The fourth-order valence-corrected chi connectivity index (χ4v) is 4.74. The van der Waals surface area contributed by atoms with Crippen molar-refractivity contribution in [2.45, 2.75) is 32.7 Å². The smallest absolute Gasteiger partial charge is 0.330 e. The van der Waals surface area contributed by atoms with Gasteiger partial charge in [-0.1, -0.05) is 12.1 Å². The third kappa shape index (κ3) is 4.18. The number of aromatic nitrogens is 2. The molecule has 7 nitrogen and oxygen atoms in total. The van der Waals surface area contributed by atoms with Gasteiger partial charge in [0, 0.05) is 16.6 Å². The van der Waals surface area contributed by atoms with Gasteiger partial charge in [0.25, 0.3) is 5.56 Å². The molecule has 1 aliphatic rings. The number of nitrogens with zero attached hydrogens (tertiary/aromatic N) is 2. The number of thiophene rings is 1. The average Bonchev–Trinajstić information content (AvgIpc) is 3.31. The largest absolute Gasteiger partial charge is 0.463 e. The maximum absolute atomic E-state index is 12.9. The maximum Gasteiger partial charge on any atom is 0.330 e. The van der Waals surface area contributed by atoms with Crippen LogP contribution in [0.4, 0.5) is 5.69 Å². The van der Waals surface area contributed by atoms with Crippen molar-refractivity contribution in [2.75, 3.05) is 11.9 Å². The molecule has 3 aromatic rings. The molecule has 2 heterocycles. The first kappa shape index (κ1) is 20.0. The van der Waals surface area contributed by atoms with Gasteiger partial charge < -0.3 is 10.1 Å². The van der Waals surface area contributed by atoms with Gasteiger partial charge >= 0.3 is 5.97 Å². The Kier molecular flexibility index (Phi) is 5.76. The predicted molar refractivity (Wildman–Crippen MR) is 117 cm³/mol. The van der Waals surface area contributed by atoms with E-state index >= 15 is 0 Å². The standard InChI is InChI=1S/C22H21N3O4S/c1-2-29-19(27)11-8-14-6-9-15(10-7-14)24-18(26)12-25-13-23-21-20(22(25)28)16-4-3-5-17(16)30-21/h6-11,13H,2-5,12H2,1H3,(H,24,26)/b11-8+. The molecule has 0 spiro atoms. The Morgan fingerprint density at radius 3 is 2.83 bits per heavy atom. The number of hydrogen-bond donors (Lipinski definition) is 1. The number of anilines is 1. The summed E-state index contributed by atoms with van der Waals surface area (Å²) in [7, 11) is 0. The highest BCUT2D eigenvalue weighted by Crippen LogP contribution is 2.34. The van der Waals surface area contributed by atoms with E-state index in [-0.39, 0.29) is 18.0 Å². The lowest BCUT2D eigenvalue weighted by Gasteiger charge is -2.08. The normalized spacial score (nSPS) is 13.0. The summed E-state index contributed by atoms with van der Waals surface area (Å²) < 4.78 is 6.20. The van der Waals surface area contributed by atoms with E-state index in [1.54, 1.807) is 48.6 Å². The Hall–Kier alpha value is -3.26. The van der Waals surface area contributed by atoms with Crippen molar-refractivity contribution in [3.05, 3.63) is 63.0 Å². The monoisotopic (exact) mass is 423 g/mol. The molecule has 1 aromatic carbocycles. The van der Waals surface area contributed by atoms with Gasteiger partial charge in [-0.05, 0) is 55.5 Å². The van der Waals surface area contributed by atoms with Crippen molar-refractivity contribution in [1.82, 2.24) is 9.55 Å². The highest BCUT2D eigenvalue weighted by molar-refractivity contribution is 7.18. The second kappa shape index (κ2) is 8.62. The Morgan fingerprint density at radius 1 is 1.27 bits per heavy atom. The number of nitrogens with one attached hydrogen (secondary N) is 1. The zero-order valence-corrected chi connectivity index (χ0v) is 17.3. The lowest BCUT2D eigenvalue weighted by molar-refractivity contribution is -0.137. The number of carbonyl (C=O) groups is 2. The molecule has 0 saturated heterocycles. The fourth-order valence-electron chi connectivity index (χ4n) is 3.52. The maximum atomic E-state index is 12.9. The minimum Gasteiger partial charge on any atom is -0.463 e. The molecule has 30 heavy (non-hydrogen) atoms. The number of esters is 1. The van der Waals surface area contributed by atoms with Gasteiger partial charge in [0.2, 0.25) is 5.91 Å². The summed E-state index contributed by atoms with van der Waals surface area (Å²) in [5, 5.41) is 3.45. The van der Waals surface area contributed by atoms with E-state index in [4.69, 9.17) is 4.74 Å². The molecule has 0 radical (unpaired) electrons. The molecule has 2 aromatic heterocycles. The molecule has 4 rings (SSSR count). The van der Waals surface area contributed by atoms with Crippen LogP contribution in [0.25, 0.3) is 16.3 Å². The average molecular weight is 423 g/mol. The summed E-state index contributed by atoms with van der Waals surface area (Å²) in [6.07, 6.45) is 7.41. The number of rotatable bonds is 6. The van der Waals surface area contributed by atoms with Gasteiger partial charge in [-0.2, -0.15) is 0 Å². The first-order chi connectivity index (χ1) is 14.5. The first-order valence-electron chi connectivity index (χ1n) is 9.79. The third-order valence-corrected chi connectivity index (χ3v) is 6.10. The van der Waals surface area contributed by atoms with Crippen LogP contribution in [-0.2, 0) is 33.7 Å². The Labute approximate surface area is 177 Å². The number of ether oxygens (including phenoxy) is 1. The zero-order valence-electron chi connectivity index (χ0n) is 16.5. The molecule has 1 aliphatic carbocycles. The van der Waals surface area contributed by atoms with Crippen LogP contribution in [0, 0.1) is 0 Å². The van der Waals surface area contributed by atoms with Crippen LogP contribution < -0.4 is 10.9 Å². The quantitative estimate of drug-likeness (QED) is 0.486. The Balaban J connectivity index is 1.43. The summed E-state index contributed by atoms with van der Waals surface area (Å²) in [5.41, 5.74) is 2.35. The number of amides is 1. The van der Waals surface area contributed by atoms with E-state index in [1.165, 1.54) is 21.8 Å². The van der Waals surface area contributed by atoms with Crippen molar-refractivity contribution >= 4 is 45.2 Å². The lowest BCUT2D eigenvalue weighted by atomic mass is 10.2. The van der Waals surface area contributed by atoms with Crippen molar-refractivity contribution in [3.8, 4) is 0 Å². The van der Waals surface area contributed by atoms with Gasteiger partial charge in [-0.3, -0.25) is 14.2 Å². The van der Waals surface area contributed by atoms with Gasteiger partial charge in [0.05, 0.1) is 18.3 Å². The van der Waals surface area contributed by atoms with Crippen molar-refractivity contribution in [3.63, 3.8) is 0 Å². The zero-order chi connectivity index (χ0) is 21.1. The first-order valence-corrected chi connectivity index (χ1v) is 10.6. The van der Waals surface area contributed by atoms with Crippen molar-refractivity contribution in [1.29, 1.82) is 0 Å². The summed E-state index contributed by atoms with van der Waals surface area (Å²) in [5.74, 6) is -0.706. The number of fused-ring (bicyclic) bond motifs is 3. The third-order valence-electron chi connectivity index (χ3n) is 4.90. The molecule has 0 saturated carbocycles. The summed E-state index contributed by atoms with van der Waals surface area (Å²) in [4.78, 5) is 43.0. The molecule has 1 N–H and O–H groups in total. The Bertz CT molecular complexity index is 1190. The SMILES string of the molecule is CCOC(=O)/C=C/c1ccc(NC(=O)Cn2cnc3sc4c(c3c2=O)CCC4)cc1. The van der Waals surface area contributed by atoms with E-state index in [0.29, 0.717) is 17.7 Å². The van der Waals surface area contributed by atoms with Crippen LogP contribution in [-0.4, -0.2) is 28.0 Å². The van der Waals surface area contributed by atoms with Crippen LogP contribution >= 0.6 is 11.3 Å². The van der Waals surface area contributed by atoms with Crippen molar-refractivity contribution in [2.24, 2.45) is 0 Å². The lowest BCUT2D eigenvalue weighted by Crippen LogP contribution is -2.28. The molecule has 1 amide bonds. The number of benzene rings is 1. The summed E-state index contributed by atoms with van der Waals surface area (Å²) in [6.45, 7) is 1.98. The van der Waals surface area contributed by atoms with Gasteiger partial charge in [-0.15, -0.1) is 11.3 Å². The fraction of sp³-hybridized carbons (Fsp3) is 0.273. The van der Waals surface area contributed by atoms with E-state index < -0.39 is 5.97 Å². The number of hydrogen-bond acceptors (Lipinski definition) is 6. The summed E-state index contributed by atoms with van der Waals surface area (Å²) >= 11 is 1.58. The molecule has 8 heteroatoms. The van der Waals surface area contributed by atoms with Gasteiger partial charge in [0.15, 0.2) is 0 Å². The minimum atomic E-state index is -0.401. The van der Waals surface area contributed by atoms with E-state index in [9.17, 15) is 14.4 Å². The predicted octanol–water partition coefficient (Wildman–Crippen LogP) is 3.16. The molecule has 0 atom stereocenters. The second-order valence-electron chi connectivity index (χ2n) is 6.97. The van der Waals surface area contributed by atoms with E-state index in [2.05, 4.69) is 10.3 Å². The molecule has 0 fully saturated rings. The Morgan fingerprint density at radius 2 is 2.07 bits per heavy atom. The number of aryl methyl sites for hydroxylation is 2. The summed E-state index contributed by atoms with van der Waals surface area (Å²) in [6, 6.07) is 7.02. The van der Waals surface area contributed by atoms with Crippen LogP contribution in [0.15, 0.2) is 41.5 Å². The second-order valence-corrected chi connectivity index (χ2v) is 8.05. The minimum absolute atomic E-state index is 0.100.